The summed E-state index contributed by atoms with van der Waals surface area (Å²) in [4.78, 5) is 19.0. The average Bonchev–Trinajstić information content (AvgIpc) is 2.87. The normalized spacial score (nSPS) is 15.0. The minimum absolute atomic E-state index is 0.104. The Kier molecular flexibility index (Phi) is 5.51. The Bertz CT molecular complexity index is 724. The summed E-state index contributed by atoms with van der Waals surface area (Å²) in [5.41, 5.74) is 2.82. The quantitative estimate of drug-likeness (QED) is 0.813. The van der Waals surface area contributed by atoms with Crippen LogP contribution >= 0.6 is 15.9 Å². The van der Waals surface area contributed by atoms with Gasteiger partial charge < -0.3 is 10.2 Å². The van der Waals surface area contributed by atoms with Crippen LogP contribution in [0.15, 0.2) is 41.0 Å². The van der Waals surface area contributed by atoms with Gasteiger partial charge in [0.15, 0.2) is 0 Å². The van der Waals surface area contributed by atoms with E-state index in [2.05, 4.69) is 26.2 Å². The zero-order chi connectivity index (χ0) is 16.9. The second-order valence-electron chi connectivity index (χ2n) is 6.23. The number of benzene rings is 1. The van der Waals surface area contributed by atoms with Gasteiger partial charge >= 0.3 is 0 Å². The minimum Gasteiger partial charge on any atom is -0.340 e. The summed E-state index contributed by atoms with van der Waals surface area (Å²) in [6, 6.07) is 9.69. The van der Waals surface area contributed by atoms with Crippen molar-refractivity contribution in [2.75, 3.05) is 18.4 Å². The second-order valence-corrected chi connectivity index (χ2v) is 7.08. The van der Waals surface area contributed by atoms with Crippen molar-refractivity contribution in [3.8, 4) is 0 Å². The number of pyridine rings is 1. The highest BCUT2D eigenvalue weighted by molar-refractivity contribution is 9.10. The second kappa shape index (κ2) is 7.79. The predicted octanol–water partition coefficient (Wildman–Crippen LogP) is 4.91. The summed E-state index contributed by atoms with van der Waals surface area (Å²) in [6.45, 7) is 3.76. The van der Waals surface area contributed by atoms with Gasteiger partial charge in [0, 0.05) is 35.0 Å². The van der Waals surface area contributed by atoms with E-state index >= 15 is 0 Å². The van der Waals surface area contributed by atoms with Gasteiger partial charge in [0.2, 0.25) is 0 Å². The number of hydrogen-bond donors (Lipinski definition) is 1. The Balaban J connectivity index is 1.75. The van der Waals surface area contributed by atoms with Crippen LogP contribution in [0.1, 0.15) is 41.6 Å². The van der Waals surface area contributed by atoms with Gasteiger partial charge in [-0.3, -0.25) is 4.79 Å². The van der Waals surface area contributed by atoms with E-state index in [0.717, 1.165) is 36.1 Å². The van der Waals surface area contributed by atoms with Crippen molar-refractivity contribution in [1.29, 1.82) is 0 Å². The summed E-state index contributed by atoms with van der Waals surface area (Å²) < 4.78 is 1.05. The average molecular weight is 388 g/mol. The molecule has 4 nitrogen and oxygen atoms in total. The fraction of sp³-hybridized carbons (Fsp3) is 0.368. The number of aryl methyl sites for hydroxylation is 1. The summed E-state index contributed by atoms with van der Waals surface area (Å²) in [6.07, 6.45) is 6.32. The van der Waals surface area contributed by atoms with Crippen LogP contribution in [0.25, 0.3) is 0 Å². The molecule has 1 aromatic heterocycles. The lowest BCUT2D eigenvalue weighted by Crippen LogP contribution is -2.31. The van der Waals surface area contributed by atoms with E-state index in [9.17, 15) is 4.79 Å². The first-order chi connectivity index (χ1) is 11.6. The van der Waals surface area contributed by atoms with E-state index in [0.29, 0.717) is 11.4 Å². The highest BCUT2D eigenvalue weighted by Crippen LogP contribution is 2.23. The molecular formula is C19H22BrN3O. The van der Waals surface area contributed by atoms with Crippen molar-refractivity contribution in [3.63, 3.8) is 0 Å². The Morgan fingerprint density at radius 2 is 1.88 bits per heavy atom. The van der Waals surface area contributed by atoms with Crippen LogP contribution in [0.5, 0.6) is 0 Å². The number of nitrogens with zero attached hydrogens (tertiary/aromatic N) is 2. The molecule has 0 unspecified atom stereocenters. The standard InChI is InChI=1S/C19H22BrN3O/c1-14-6-7-16(13-17(14)20)22-18-12-15(8-9-21-18)19(24)23-10-4-2-3-5-11-23/h6-9,12-13H,2-5,10-11H2,1H3,(H,21,22). The first-order valence-electron chi connectivity index (χ1n) is 8.42. The first kappa shape index (κ1) is 17.0. The maximum Gasteiger partial charge on any atom is 0.254 e. The summed E-state index contributed by atoms with van der Waals surface area (Å²) in [5.74, 6) is 0.791. The third kappa shape index (κ3) is 4.15. The first-order valence-corrected chi connectivity index (χ1v) is 9.21. The van der Waals surface area contributed by atoms with E-state index in [1.807, 2.05) is 36.1 Å². The largest absolute Gasteiger partial charge is 0.340 e. The molecule has 1 saturated heterocycles. The van der Waals surface area contributed by atoms with Crippen LogP contribution in [0, 0.1) is 6.92 Å². The molecular weight excluding hydrogens is 366 g/mol. The molecule has 0 saturated carbocycles. The predicted molar refractivity (Wildman–Crippen MR) is 101 cm³/mol. The number of nitrogens with one attached hydrogen (secondary N) is 1. The number of likely N-dealkylation sites (tertiary alicyclic amines) is 1. The van der Waals surface area contributed by atoms with E-state index < -0.39 is 0 Å². The SMILES string of the molecule is Cc1ccc(Nc2cc(C(=O)N3CCCCCC3)ccn2)cc1Br. The van der Waals surface area contributed by atoms with Gasteiger partial charge in [0.25, 0.3) is 5.91 Å². The lowest BCUT2D eigenvalue weighted by Gasteiger charge is -2.20. The third-order valence-corrected chi connectivity index (χ3v) is 5.20. The topological polar surface area (TPSA) is 45.2 Å². The van der Waals surface area contributed by atoms with E-state index in [-0.39, 0.29) is 5.91 Å². The maximum absolute atomic E-state index is 12.7. The third-order valence-electron chi connectivity index (χ3n) is 4.34. The molecule has 1 N–H and O–H groups in total. The van der Waals surface area contributed by atoms with Gasteiger partial charge in [-0.1, -0.05) is 34.8 Å². The van der Waals surface area contributed by atoms with Crippen LogP contribution in [0.2, 0.25) is 0 Å². The number of aromatic nitrogens is 1. The van der Waals surface area contributed by atoms with Crippen LogP contribution < -0.4 is 5.32 Å². The molecule has 0 radical (unpaired) electrons. The van der Waals surface area contributed by atoms with Gasteiger partial charge in [0.1, 0.15) is 5.82 Å². The lowest BCUT2D eigenvalue weighted by molar-refractivity contribution is 0.0761. The molecule has 2 aromatic rings. The fourth-order valence-electron chi connectivity index (χ4n) is 2.91. The molecule has 0 spiro atoms. The zero-order valence-corrected chi connectivity index (χ0v) is 15.5. The number of carbonyl (C=O) groups is 1. The highest BCUT2D eigenvalue weighted by atomic mass is 79.9. The molecule has 1 amide bonds. The van der Waals surface area contributed by atoms with Crippen LogP contribution in [0.4, 0.5) is 11.5 Å². The minimum atomic E-state index is 0.104. The van der Waals surface area contributed by atoms with Crippen molar-refractivity contribution in [3.05, 3.63) is 52.1 Å². The van der Waals surface area contributed by atoms with Gasteiger partial charge in [-0.15, -0.1) is 0 Å². The Hall–Kier alpha value is -1.88. The van der Waals surface area contributed by atoms with Gasteiger partial charge in [0.05, 0.1) is 0 Å². The summed E-state index contributed by atoms with van der Waals surface area (Å²) >= 11 is 3.54. The smallest absolute Gasteiger partial charge is 0.254 e. The van der Waals surface area contributed by atoms with Crippen LogP contribution in [-0.4, -0.2) is 28.9 Å². The van der Waals surface area contributed by atoms with E-state index in [4.69, 9.17) is 0 Å². The Morgan fingerprint density at radius 1 is 1.12 bits per heavy atom. The molecule has 1 aliphatic rings. The van der Waals surface area contributed by atoms with Crippen molar-refractivity contribution in [2.24, 2.45) is 0 Å². The molecule has 1 aliphatic heterocycles. The number of anilines is 2. The lowest BCUT2D eigenvalue weighted by atomic mass is 10.2. The van der Waals surface area contributed by atoms with Gasteiger partial charge in [-0.2, -0.15) is 0 Å². The van der Waals surface area contributed by atoms with E-state index in [1.165, 1.54) is 18.4 Å². The molecule has 1 aromatic carbocycles. The highest BCUT2D eigenvalue weighted by Gasteiger charge is 2.17. The zero-order valence-electron chi connectivity index (χ0n) is 13.9. The Morgan fingerprint density at radius 3 is 2.58 bits per heavy atom. The number of rotatable bonds is 3. The fourth-order valence-corrected chi connectivity index (χ4v) is 3.29. The monoisotopic (exact) mass is 387 g/mol. The number of hydrogen-bond acceptors (Lipinski definition) is 3. The van der Waals surface area contributed by atoms with Crippen molar-refractivity contribution in [1.82, 2.24) is 9.88 Å². The van der Waals surface area contributed by atoms with Crippen molar-refractivity contribution in [2.45, 2.75) is 32.6 Å². The van der Waals surface area contributed by atoms with Gasteiger partial charge in [-0.25, -0.2) is 4.98 Å². The molecule has 3 rings (SSSR count). The van der Waals surface area contributed by atoms with Crippen molar-refractivity contribution >= 4 is 33.3 Å². The maximum atomic E-state index is 12.7. The van der Waals surface area contributed by atoms with Crippen LogP contribution in [-0.2, 0) is 0 Å². The number of carbonyl (C=O) groups excluding carboxylic acids is 1. The molecule has 24 heavy (non-hydrogen) atoms. The molecule has 1 fully saturated rings. The molecule has 2 heterocycles. The molecule has 0 aliphatic carbocycles. The number of halogens is 1. The van der Waals surface area contributed by atoms with E-state index in [1.54, 1.807) is 12.3 Å². The summed E-state index contributed by atoms with van der Waals surface area (Å²) in [5, 5.41) is 3.27. The molecule has 0 atom stereocenters. The molecule has 126 valence electrons. The van der Waals surface area contributed by atoms with Crippen molar-refractivity contribution < 1.29 is 4.79 Å². The van der Waals surface area contributed by atoms with Gasteiger partial charge in [-0.05, 0) is 49.6 Å². The Labute approximate surface area is 151 Å². The van der Waals surface area contributed by atoms with Crippen LogP contribution in [0.3, 0.4) is 0 Å². The molecule has 0 bridgehead atoms. The summed E-state index contributed by atoms with van der Waals surface area (Å²) in [7, 11) is 0. The number of amides is 1. The molecule has 5 heteroatoms.